The van der Waals surface area contributed by atoms with Gasteiger partial charge >= 0.3 is 0 Å². The normalized spacial score (nSPS) is 15.8. The van der Waals surface area contributed by atoms with Crippen LogP contribution in [0.5, 0.6) is 0 Å². The number of hydrogen-bond donors (Lipinski definition) is 2. The maximum atomic E-state index is 5.94. The maximum Gasteiger partial charge on any atom is 0.212 e. The van der Waals surface area contributed by atoms with Crippen LogP contribution in [0.3, 0.4) is 0 Å². The van der Waals surface area contributed by atoms with E-state index in [1.54, 1.807) is 0 Å². The van der Waals surface area contributed by atoms with Crippen molar-refractivity contribution in [2.45, 2.75) is 13.0 Å². The van der Waals surface area contributed by atoms with Gasteiger partial charge in [0.2, 0.25) is 5.96 Å². The van der Waals surface area contributed by atoms with Crippen molar-refractivity contribution in [2.24, 2.45) is 10.1 Å². The number of halogens is 3. The van der Waals surface area contributed by atoms with Gasteiger partial charge in [0, 0.05) is 16.1 Å². The summed E-state index contributed by atoms with van der Waals surface area (Å²) in [6, 6.07) is 15.6. The summed E-state index contributed by atoms with van der Waals surface area (Å²) in [6.45, 7) is 2.82. The van der Waals surface area contributed by atoms with E-state index in [1.807, 2.05) is 72.8 Å². The van der Waals surface area contributed by atoms with Crippen molar-refractivity contribution in [2.75, 3.05) is 6.54 Å². The quantitative estimate of drug-likeness (QED) is 0.485. The summed E-state index contributed by atoms with van der Waals surface area (Å²) >= 11 is 11.9. The maximum absolute atomic E-state index is 5.94. The van der Waals surface area contributed by atoms with E-state index in [2.05, 4.69) is 27.8 Å². The lowest BCUT2D eigenvalue weighted by Gasteiger charge is -2.05. The number of rotatable bonds is 5. The minimum atomic E-state index is 0. The lowest BCUT2D eigenvalue weighted by molar-refractivity contribution is 0.717. The molecule has 0 aliphatic carbocycles. The van der Waals surface area contributed by atoms with Gasteiger partial charge in [-0.3, -0.25) is 0 Å². The highest BCUT2D eigenvalue weighted by Gasteiger charge is 2.11. The molecule has 0 radical (unpaired) electrons. The Hall–Kier alpha value is -2.27. The molecule has 0 saturated carbocycles. The fraction of sp³-hybridized carbons (Fsp3) is 0.143. The van der Waals surface area contributed by atoms with Crippen LogP contribution in [-0.4, -0.2) is 24.3 Å². The number of allylic oxidation sites excluding steroid dienone is 2. The fourth-order valence-electron chi connectivity index (χ4n) is 2.38. The Labute approximate surface area is 181 Å². The van der Waals surface area contributed by atoms with Gasteiger partial charge in [-0.05, 0) is 54.5 Å². The van der Waals surface area contributed by atoms with Crippen LogP contribution in [0.4, 0.5) is 0 Å². The molecule has 0 bridgehead atoms. The van der Waals surface area contributed by atoms with E-state index in [0.717, 1.165) is 23.4 Å². The van der Waals surface area contributed by atoms with Crippen LogP contribution in [0.15, 0.2) is 70.8 Å². The fourth-order valence-corrected chi connectivity index (χ4v) is 2.63. The molecule has 0 saturated heterocycles. The second kappa shape index (κ2) is 10.9. The van der Waals surface area contributed by atoms with Crippen molar-refractivity contribution in [3.8, 4) is 0 Å². The van der Waals surface area contributed by atoms with E-state index in [-0.39, 0.29) is 12.4 Å². The topological polar surface area (TPSA) is 48.8 Å². The van der Waals surface area contributed by atoms with Crippen molar-refractivity contribution < 1.29 is 0 Å². The van der Waals surface area contributed by atoms with Crippen LogP contribution < -0.4 is 10.7 Å². The van der Waals surface area contributed by atoms with Gasteiger partial charge in [0.25, 0.3) is 0 Å². The van der Waals surface area contributed by atoms with Crippen LogP contribution in [0.25, 0.3) is 12.2 Å². The number of nitrogens with one attached hydrogen (secondary N) is 2. The van der Waals surface area contributed by atoms with Gasteiger partial charge in [-0.2, -0.15) is 5.10 Å². The first kappa shape index (κ1) is 22.0. The third-order valence-electron chi connectivity index (χ3n) is 3.83. The summed E-state index contributed by atoms with van der Waals surface area (Å²) in [5.41, 5.74) is 5.82. The van der Waals surface area contributed by atoms with Gasteiger partial charge in [-0.1, -0.05) is 59.6 Å². The number of aliphatic imine (C=N–C) groups is 1. The first-order chi connectivity index (χ1) is 13.1. The Morgan fingerprint density at radius 1 is 1.00 bits per heavy atom. The lowest BCUT2D eigenvalue weighted by atomic mass is 10.1. The smallest absolute Gasteiger partial charge is 0.212 e. The number of hydrazone groups is 1. The molecule has 1 heterocycles. The average molecular weight is 436 g/mol. The Morgan fingerprint density at radius 2 is 1.50 bits per heavy atom. The van der Waals surface area contributed by atoms with Crippen molar-refractivity contribution in [1.82, 2.24) is 10.7 Å². The SMILES string of the molecule is CC1CN=C(NN=C(/C=C/c2ccc(Cl)cc2)/C=C/c2ccc(Cl)cc2)N1.Cl. The summed E-state index contributed by atoms with van der Waals surface area (Å²) in [7, 11) is 0. The van der Waals surface area contributed by atoms with Gasteiger partial charge in [0.05, 0.1) is 12.3 Å². The van der Waals surface area contributed by atoms with E-state index in [0.29, 0.717) is 22.0 Å². The number of guanidine groups is 1. The first-order valence-corrected chi connectivity index (χ1v) is 9.36. The van der Waals surface area contributed by atoms with Crippen molar-refractivity contribution in [3.63, 3.8) is 0 Å². The Balaban J connectivity index is 0.00000280. The molecule has 3 rings (SSSR count). The summed E-state index contributed by atoms with van der Waals surface area (Å²) in [4.78, 5) is 4.35. The summed E-state index contributed by atoms with van der Waals surface area (Å²) in [5, 5.41) is 9.10. The molecule has 0 amide bonds. The second-order valence-electron chi connectivity index (χ2n) is 6.15. The van der Waals surface area contributed by atoms with Crippen LogP contribution in [0.1, 0.15) is 18.1 Å². The molecule has 1 atom stereocenters. The minimum absolute atomic E-state index is 0. The number of benzene rings is 2. The van der Waals surface area contributed by atoms with E-state index in [4.69, 9.17) is 23.2 Å². The lowest BCUT2D eigenvalue weighted by Crippen LogP contribution is -2.35. The zero-order valence-electron chi connectivity index (χ0n) is 15.3. The standard InChI is InChI=1S/C21H20Cl2N4.ClH/c1-15-14-24-21(25-15)27-26-20(12-6-16-2-8-18(22)9-3-16)13-7-17-4-10-19(23)11-5-17;/h2-13,15H,14H2,1H3,(H2,24,25,27);1H/b12-6+,13-7+;. The molecule has 28 heavy (non-hydrogen) atoms. The Kier molecular flexibility index (Phi) is 8.58. The Bertz CT molecular complexity index is 827. The molecule has 146 valence electrons. The van der Waals surface area contributed by atoms with E-state index < -0.39 is 0 Å². The molecule has 1 aliphatic heterocycles. The molecule has 1 unspecified atom stereocenters. The monoisotopic (exact) mass is 434 g/mol. The highest BCUT2D eigenvalue weighted by atomic mass is 35.5. The van der Waals surface area contributed by atoms with Crippen molar-refractivity contribution in [3.05, 3.63) is 81.9 Å². The van der Waals surface area contributed by atoms with Crippen molar-refractivity contribution in [1.29, 1.82) is 0 Å². The first-order valence-electron chi connectivity index (χ1n) is 8.60. The molecule has 4 nitrogen and oxygen atoms in total. The molecule has 0 fully saturated rings. The molecule has 2 aromatic carbocycles. The predicted octanol–water partition coefficient (Wildman–Crippen LogP) is 5.44. The molecular formula is C21H21Cl3N4. The molecule has 0 spiro atoms. The van der Waals surface area contributed by atoms with Crippen LogP contribution in [0, 0.1) is 0 Å². The highest BCUT2D eigenvalue weighted by Crippen LogP contribution is 2.12. The molecule has 2 N–H and O–H groups in total. The highest BCUT2D eigenvalue weighted by molar-refractivity contribution is 6.30. The van der Waals surface area contributed by atoms with Gasteiger partial charge < -0.3 is 5.32 Å². The van der Waals surface area contributed by atoms with Crippen LogP contribution in [0.2, 0.25) is 10.0 Å². The summed E-state index contributed by atoms with van der Waals surface area (Å²) < 4.78 is 0. The predicted molar refractivity (Wildman–Crippen MR) is 124 cm³/mol. The molecule has 1 aliphatic rings. The van der Waals surface area contributed by atoms with Gasteiger partial charge in [-0.15, -0.1) is 12.4 Å². The van der Waals surface area contributed by atoms with Crippen LogP contribution in [-0.2, 0) is 0 Å². The van der Waals surface area contributed by atoms with Gasteiger partial charge in [-0.25, -0.2) is 10.4 Å². The van der Waals surface area contributed by atoms with E-state index in [9.17, 15) is 0 Å². The second-order valence-corrected chi connectivity index (χ2v) is 7.03. The zero-order valence-corrected chi connectivity index (χ0v) is 17.6. The largest absolute Gasteiger partial charge is 0.351 e. The average Bonchev–Trinajstić information content (AvgIpc) is 3.09. The molecule has 0 aromatic heterocycles. The number of nitrogens with zero attached hydrogens (tertiary/aromatic N) is 2. The molecule has 2 aromatic rings. The third kappa shape index (κ3) is 7.04. The summed E-state index contributed by atoms with van der Waals surface area (Å²) in [6.07, 6.45) is 7.83. The number of hydrogen-bond acceptors (Lipinski definition) is 4. The molecular weight excluding hydrogens is 415 g/mol. The zero-order chi connectivity index (χ0) is 19.1. The summed E-state index contributed by atoms with van der Waals surface area (Å²) in [5.74, 6) is 0.680. The Morgan fingerprint density at radius 3 is 1.93 bits per heavy atom. The van der Waals surface area contributed by atoms with E-state index in [1.165, 1.54) is 0 Å². The molecule has 7 heteroatoms. The van der Waals surface area contributed by atoms with Gasteiger partial charge in [0.1, 0.15) is 0 Å². The minimum Gasteiger partial charge on any atom is -0.351 e. The third-order valence-corrected chi connectivity index (χ3v) is 4.33. The van der Waals surface area contributed by atoms with Crippen LogP contribution >= 0.6 is 35.6 Å². The van der Waals surface area contributed by atoms with Crippen molar-refractivity contribution >= 4 is 59.4 Å². The van der Waals surface area contributed by atoms with E-state index >= 15 is 0 Å². The van der Waals surface area contributed by atoms with Gasteiger partial charge in [0.15, 0.2) is 0 Å².